The van der Waals surface area contributed by atoms with Crippen molar-refractivity contribution in [1.82, 2.24) is 15.1 Å². The molecule has 6 heteroatoms. The molecule has 2 aliphatic rings. The Morgan fingerprint density at radius 2 is 2.39 bits per heavy atom. The molecular formula is C12H18N4O2. The zero-order valence-electron chi connectivity index (χ0n) is 10.5. The maximum atomic E-state index is 11.9. The molecule has 1 unspecified atom stereocenters. The minimum atomic E-state index is 0.0588. The fraction of sp³-hybridized carbons (Fsp3) is 0.667. The van der Waals surface area contributed by atoms with Crippen LogP contribution in [-0.2, 0) is 17.9 Å². The van der Waals surface area contributed by atoms with Crippen LogP contribution in [0.3, 0.4) is 0 Å². The Morgan fingerprint density at radius 1 is 1.56 bits per heavy atom. The fourth-order valence-electron chi connectivity index (χ4n) is 2.70. The smallest absolute Gasteiger partial charge is 0.227 e. The number of carbonyl (C=O) groups excluding carboxylic acids is 1. The average Bonchev–Trinajstić information content (AvgIpc) is 2.91. The molecule has 0 radical (unpaired) electrons. The van der Waals surface area contributed by atoms with Gasteiger partial charge in [-0.15, -0.1) is 0 Å². The number of nitrogens with one attached hydrogen (secondary N) is 1. The zero-order valence-corrected chi connectivity index (χ0v) is 10.5. The molecule has 3 rings (SSSR count). The molecule has 0 aliphatic carbocycles. The minimum Gasteiger partial charge on any atom is -0.396 e. The van der Waals surface area contributed by atoms with Gasteiger partial charge >= 0.3 is 0 Å². The van der Waals surface area contributed by atoms with Gasteiger partial charge in [0.2, 0.25) is 5.91 Å². The lowest BCUT2D eigenvalue weighted by atomic mass is 10.1. The predicted molar refractivity (Wildman–Crippen MR) is 66.1 cm³/mol. The van der Waals surface area contributed by atoms with Gasteiger partial charge in [-0.1, -0.05) is 0 Å². The van der Waals surface area contributed by atoms with Crippen molar-refractivity contribution in [3.8, 4) is 0 Å². The Bertz CT molecular complexity index is 471. The molecule has 3 heterocycles. The van der Waals surface area contributed by atoms with Gasteiger partial charge in [0.05, 0.1) is 24.1 Å². The monoisotopic (exact) mass is 250 g/mol. The van der Waals surface area contributed by atoms with E-state index < -0.39 is 0 Å². The third-order valence-electron chi connectivity index (χ3n) is 3.75. The lowest BCUT2D eigenvalue weighted by molar-refractivity contribution is -0.117. The topological polar surface area (TPSA) is 70.4 Å². The number of carbonyl (C=O) groups is 1. The summed E-state index contributed by atoms with van der Waals surface area (Å²) in [7, 11) is 0. The average molecular weight is 250 g/mol. The molecule has 2 aliphatic heterocycles. The number of aromatic nitrogens is 2. The van der Waals surface area contributed by atoms with Crippen LogP contribution in [0.15, 0.2) is 6.20 Å². The highest BCUT2D eigenvalue weighted by atomic mass is 16.3. The first-order valence-corrected chi connectivity index (χ1v) is 6.38. The summed E-state index contributed by atoms with van der Waals surface area (Å²) in [5, 5.41) is 16.9. The van der Waals surface area contributed by atoms with Gasteiger partial charge < -0.3 is 15.3 Å². The van der Waals surface area contributed by atoms with E-state index in [-0.39, 0.29) is 18.4 Å². The van der Waals surface area contributed by atoms with Gasteiger partial charge in [0, 0.05) is 38.1 Å². The van der Waals surface area contributed by atoms with Gasteiger partial charge in [0.1, 0.15) is 0 Å². The SMILES string of the molecule is C[C@H]1Cn2ncc(N3CC(CO)CC3=O)c2CN1. The van der Waals surface area contributed by atoms with E-state index in [9.17, 15) is 4.79 Å². The number of amides is 1. The van der Waals surface area contributed by atoms with Crippen LogP contribution in [0.5, 0.6) is 0 Å². The van der Waals surface area contributed by atoms with E-state index in [4.69, 9.17) is 5.11 Å². The van der Waals surface area contributed by atoms with Crippen LogP contribution >= 0.6 is 0 Å². The van der Waals surface area contributed by atoms with Gasteiger partial charge in [0.15, 0.2) is 0 Å². The van der Waals surface area contributed by atoms with Crippen molar-refractivity contribution in [2.24, 2.45) is 5.92 Å². The number of aliphatic hydroxyl groups excluding tert-OH is 1. The van der Waals surface area contributed by atoms with Crippen molar-refractivity contribution < 1.29 is 9.90 Å². The van der Waals surface area contributed by atoms with Crippen molar-refractivity contribution >= 4 is 11.6 Å². The van der Waals surface area contributed by atoms with Crippen LogP contribution in [0.1, 0.15) is 19.0 Å². The molecule has 1 fully saturated rings. The van der Waals surface area contributed by atoms with Crippen LogP contribution in [0.4, 0.5) is 5.69 Å². The highest BCUT2D eigenvalue weighted by Crippen LogP contribution is 2.29. The Morgan fingerprint density at radius 3 is 3.11 bits per heavy atom. The van der Waals surface area contributed by atoms with Gasteiger partial charge in [-0.2, -0.15) is 5.10 Å². The fourth-order valence-corrected chi connectivity index (χ4v) is 2.70. The van der Waals surface area contributed by atoms with Crippen molar-refractivity contribution in [1.29, 1.82) is 0 Å². The summed E-state index contributed by atoms with van der Waals surface area (Å²) in [6.07, 6.45) is 2.21. The highest BCUT2D eigenvalue weighted by molar-refractivity contribution is 5.96. The van der Waals surface area contributed by atoms with E-state index in [1.54, 1.807) is 11.1 Å². The molecule has 1 aromatic rings. The summed E-state index contributed by atoms with van der Waals surface area (Å²) in [5.41, 5.74) is 1.97. The second-order valence-corrected chi connectivity index (χ2v) is 5.20. The van der Waals surface area contributed by atoms with Gasteiger partial charge in [0.25, 0.3) is 0 Å². The summed E-state index contributed by atoms with van der Waals surface area (Å²) in [4.78, 5) is 13.7. The number of hydrogen-bond donors (Lipinski definition) is 2. The van der Waals surface area contributed by atoms with E-state index >= 15 is 0 Å². The van der Waals surface area contributed by atoms with Crippen molar-refractivity contribution in [2.75, 3.05) is 18.1 Å². The summed E-state index contributed by atoms with van der Waals surface area (Å²) >= 11 is 0. The number of aliphatic hydroxyl groups is 1. The van der Waals surface area contributed by atoms with Crippen molar-refractivity contribution in [3.05, 3.63) is 11.9 Å². The largest absolute Gasteiger partial charge is 0.396 e. The van der Waals surface area contributed by atoms with Gasteiger partial charge in [-0.3, -0.25) is 9.48 Å². The Kier molecular flexibility index (Phi) is 2.83. The molecule has 1 saturated heterocycles. The van der Waals surface area contributed by atoms with Crippen LogP contribution in [0.25, 0.3) is 0 Å². The number of fused-ring (bicyclic) bond motifs is 1. The Hall–Kier alpha value is -1.40. The first kappa shape index (κ1) is 11.7. The van der Waals surface area contributed by atoms with Crippen LogP contribution in [0, 0.1) is 5.92 Å². The summed E-state index contributed by atoms with van der Waals surface area (Å²) in [6.45, 7) is 4.36. The van der Waals surface area contributed by atoms with Crippen LogP contribution in [-0.4, -0.2) is 40.0 Å². The first-order valence-electron chi connectivity index (χ1n) is 6.38. The van der Waals surface area contributed by atoms with Crippen molar-refractivity contribution in [2.45, 2.75) is 32.5 Å². The Balaban J connectivity index is 1.87. The summed E-state index contributed by atoms with van der Waals surface area (Å²) in [5.74, 6) is 0.145. The molecule has 2 N–H and O–H groups in total. The molecular weight excluding hydrogens is 232 g/mol. The van der Waals surface area contributed by atoms with E-state index in [1.165, 1.54) is 0 Å². The first-order chi connectivity index (χ1) is 8.69. The standard InChI is InChI=1S/C12H18N4O2/c1-8-5-16-11(3-13-8)10(4-14-16)15-6-9(7-17)2-12(15)18/h4,8-9,13,17H,2-3,5-7H2,1H3/t8-,9?/m0/s1. The lowest BCUT2D eigenvalue weighted by Gasteiger charge is -2.24. The minimum absolute atomic E-state index is 0.0588. The number of rotatable bonds is 2. The molecule has 1 aromatic heterocycles. The molecule has 0 bridgehead atoms. The van der Waals surface area contributed by atoms with Crippen molar-refractivity contribution in [3.63, 3.8) is 0 Å². The lowest BCUT2D eigenvalue weighted by Crippen LogP contribution is -2.38. The molecule has 2 atom stereocenters. The molecule has 6 nitrogen and oxygen atoms in total. The second kappa shape index (κ2) is 4.37. The summed E-state index contributed by atoms with van der Waals surface area (Å²) in [6, 6.07) is 0.407. The molecule has 98 valence electrons. The number of hydrogen-bond acceptors (Lipinski definition) is 4. The molecule has 0 aromatic carbocycles. The molecule has 0 saturated carbocycles. The zero-order chi connectivity index (χ0) is 12.7. The third-order valence-corrected chi connectivity index (χ3v) is 3.75. The van der Waals surface area contributed by atoms with Crippen LogP contribution in [0.2, 0.25) is 0 Å². The number of nitrogens with zero attached hydrogens (tertiary/aromatic N) is 3. The number of anilines is 1. The highest BCUT2D eigenvalue weighted by Gasteiger charge is 2.33. The third kappa shape index (κ3) is 1.81. The predicted octanol–water partition coefficient (Wildman–Crippen LogP) is -0.280. The molecule has 1 amide bonds. The van der Waals surface area contributed by atoms with E-state index in [2.05, 4.69) is 17.3 Å². The van der Waals surface area contributed by atoms with Gasteiger partial charge in [-0.05, 0) is 6.92 Å². The van der Waals surface area contributed by atoms with E-state index in [1.807, 2.05) is 4.68 Å². The van der Waals surface area contributed by atoms with E-state index in [0.717, 1.165) is 24.5 Å². The normalized spacial score (nSPS) is 27.7. The Labute approximate surface area is 106 Å². The molecule has 0 spiro atoms. The van der Waals surface area contributed by atoms with E-state index in [0.29, 0.717) is 19.0 Å². The molecule has 18 heavy (non-hydrogen) atoms. The van der Waals surface area contributed by atoms with Crippen LogP contribution < -0.4 is 10.2 Å². The second-order valence-electron chi connectivity index (χ2n) is 5.20. The quantitative estimate of drug-likeness (QED) is 0.757. The maximum Gasteiger partial charge on any atom is 0.227 e. The van der Waals surface area contributed by atoms with Gasteiger partial charge in [-0.25, -0.2) is 0 Å². The summed E-state index contributed by atoms with van der Waals surface area (Å²) < 4.78 is 1.97. The maximum absolute atomic E-state index is 11.9.